The van der Waals surface area contributed by atoms with Crippen molar-refractivity contribution in [3.05, 3.63) is 29.3 Å². The lowest BCUT2D eigenvalue weighted by Gasteiger charge is -2.23. The molecule has 1 aromatic carbocycles. The molecule has 0 radical (unpaired) electrons. The summed E-state index contributed by atoms with van der Waals surface area (Å²) in [5.41, 5.74) is 3.32. The number of carbonyl (C=O) groups is 1. The van der Waals surface area contributed by atoms with E-state index in [1.807, 2.05) is 38.0 Å². The van der Waals surface area contributed by atoms with Gasteiger partial charge in [-0.05, 0) is 32.6 Å². The van der Waals surface area contributed by atoms with Crippen LogP contribution in [0.15, 0.2) is 18.2 Å². The van der Waals surface area contributed by atoms with Gasteiger partial charge in [0.2, 0.25) is 5.91 Å². The first-order valence-electron chi connectivity index (χ1n) is 7.40. The maximum absolute atomic E-state index is 12.2. The summed E-state index contributed by atoms with van der Waals surface area (Å²) in [4.78, 5) is 14.3. The largest absolute Gasteiger partial charge is 0.326 e. The smallest absolute Gasteiger partial charge is 0.225 e. The normalized spacial score (nSPS) is 17.1. The molecule has 7 heteroatoms. The molecule has 0 aromatic heterocycles. The van der Waals surface area contributed by atoms with Gasteiger partial charge >= 0.3 is 0 Å². The van der Waals surface area contributed by atoms with E-state index in [1.54, 1.807) is 0 Å². The number of thioether (sulfide) groups is 1. The van der Waals surface area contributed by atoms with Crippen molar-refractivity contribution in [1.82, 2.24) is 10.2 Å². The van der Waals surface area contributed by atoms with Gasteiger partial charge < -0.3 is 15.5 Å². The zero-order valence-electron chi connectivity index (χ0n) is 13.9. The second kappa shape index (κ2) is 11.2. The molecule has 1 heterocycles. The molecule has 132 valence electrons. The molecule has 1 atom stereocenters. The number of nitrogens with one attached hydrogen (secondary N) is 2. The Kier molecular flexibility index (Phi) is 10.9. The molecule has 1 fully saturated rings. The molecule has 2 rings (SSSR count). The quantitative estimate of drug-likeness (QED) is 0.825. The molecule has 4 nitrogen and oxygen atoms in total. The van der Waals surface area contributed by atoms with Gasteiger partial charge in [0.25, 0.3) is 0 Å². The number of nitrogens with zero attached hydrogens (tertiary/aromatic N) is 1. The van der Waals surface area contributed by atoms with E-state index in [-0.39, 0.29) is 30.7 Å². The summed E-state index contributed by atoms with van der Waals surface area (Å²) in [6, 6.07) is 6.50. The average molecular weight is 380 g/mol. The fourth-order valence-electron chi connectivity index (χ4n) is 2.49. The predicted octanol–water partition coefficient (Wildman–Crippen LogP) is 2.93. The molecule has 1 aliphatic heterocycles. The van der Waals surface area contributed by atoms with Gasteiger partial charge in [-0.2, -0.15) is 11.8 Å². The minimum Gasteiger partial charge on any atom is -0.326 e. The lowest BCUT2D eigenvalue weighted by molar-refractivity contribution is -0.116. The molecule has 0 bridgehead atoms. The summed E-state index contributed by atoms with van der Waals surface area (Å²) in [6.07, 6.45) is 0.544. The Hall–Kier alpha value is -0.460. The fraction of sp³-hybridized carbons (Fsp3) is 0.562. The van der Waals surface area contributed by atoms with Crippen LogP contribution in [-0.4, -0.2) is 49.0 Å². The van der Waals surface area contributed by atoms with Crippen LogP contribution in [0.25, 0.3) is 0 Å². The Morgan fingerprint density at radius 2 is 2.13 bits per heavy atom. The third kappa shape index (κ3) is 7.77. The van der Waals surface area contributed by atoms with Gasteiger partial charge in [-0.15, -0.1) is 24.8 Å². The van der Waals surface area contributed by atoms with Gasteiger partial charge in [-0.25, -0.2) is 0 Å². The summed E-state index contributed by atoms with van der Waals surface area (Å²) in [6.45, 7) is 3.90. The number of carbonyl (C=O) groups excluding carboxylic acids is 1. The average Bonchev–Trinajstić information content (AvgIpc) is 2.42. The molecule has 23 heavy (non-hydrogen) atoms. The van der Waals surface area contributed by atoms with Crippen molar-refractivity contribution in [1.29, 1.82) is 0 Å². The van der Waals surface area contributed by atoms with E-state index in [4.69, 9.17) is 0 Å². The van der Waals surface area contributed by atoms with Crippen molar-refractivity contribution in [2.75, 3.05) is 37.5 Å². The first-order valence-corrected chi connectivity index (χ1v) is 8.55. The standard InChI is InChI=1S/C16H25N3OS.2ClH/c1-12-4-5-15(13(8-12)10-19(2)3)18-16(20)9-14-11-21-7-6-17-14;;/h4-5,8,14,17H,6-7,9-11H2,1-3H3,(H,18,20);2*1H. The van der Waals surface area contributed by atoms with Gasteiger partial charge in [0.05, 0.1) is 0 Å². The monoisotopic (exact) mass is 379 g/mol. The number of benzene rings is 1. The van der Waals surface area contributed by atoms with Crippen LogP contribution in [0.1, 0.15) is 17.5 Å². The Morgan fingerprint density at radius 3 is 2.74 bits per heavy atom. The molecule has 1 aromatic rings. The minimum absolute atomic E-state index is 0. The number of rotatable bonds is 5. The van der Waals surface area contributed by atoms with Crippen molar-refractivity contribution in [2.45, 2.75) is 25.9 Å². The summed E-state index contributed by atoms with van der Waals surface area (Å²) in [7, 11) is 4.08. The molecule has 1 aliphatic rings. The second-order valence-electron chi connectivity index (χ2n) is 5.88. The van der Waals surface area contributed by atoms with Crippen molar-refractivity contribution in [2.24, 2.45) is 0 Å². The van der Waals surface area contributed by atoms with Crippen LogP contribution in [-0.2, 0) is 11.3 Å². The zero-order chi connectivity index (χ0) is 15.2. The Bertz CT molecular complexity index is 494. The van der Waals surface area contributed by atoms with E-state index in [1.165, 1.54) is 11.1 Å². The maximum atomic E-state index is 12.2. The van der Waals surface area contributed by atoms with Gasteiger partial charge in [0.1, 0.15) is 0 Å². The molecular formula is C16H27Cl2N3OS. The third-order valence-corrected chi connectivity index (χ3v) is 4.58. The molecular weight excluding hydrogens is 353 g/mol. The molecule has 1 amide bonds. The third-order valence-electron chi connectivity index (χ3n) is 3.45. The predicted molar refractivity (Wildman–Crippen MR) is 105 cm³/mol. The highest BCUT2D eigenvalue weighted by molar-refractivity contribution is 7.99. The van der Waals surface area contributed by atoms with Crippen LogP contribution in [0.2, 0.25) is 0 Å². The van der Waals surface area contributed by atoms with E-state index in [0.29, 0.717) is 12.5 Å². The molecule has 0 spiro atoms. The minimum atomic E-state index is 0. The Labute approximate surface area is 156 Å². The number of hydrogen-bond donors (Lipinski definition) is 2. The van der Waals surface area contributed by atoms with Gasteiger partial charge in [0, 0.05) is 42.7 Å². The van der Waals surface area contributed by atoms with E-state index >= 15 is 0 Å². The Balaban J connectivity index is 0.00000242. The summed E-state index contributed by atoms with van der Waals surface area (Å²) < 4.78 is 0. The molecule has 1 unspecified atom stereocenters. The van der Waals surface area contributed by atoms with Crippen LogP contribution in [0.3, 0.4) is 0 Å². The molecule has 1 saturated heterocycles. The van der Waals surface area contributed by atoms with Crippen molar-refractivity contribution in [3.8, 4) is 0 Å². The highest BCUT2D eigenvalue weighted by atomic mass is 35.5. The number of aryl methyl sites for hydroxylation is 1. The van der Waals surface area contributed by atoms with Crippen LogP contribution in [0.4, 0.5) is 5.69 Å². The molecule has 2 N–H and O–H groups in total. The van der Waals surface area contributed by atoms with E-state index in [9.17, 15) is 4.79 Å². The van der Waals surface area contributed by atoms with E-state index < -0.39 is 0 Å². The van der Waals surface area contributed by atoms with Gasteiger partial charge in [0.15, 0.2) is 0 Å². The first kappa shape index (κ1) is 22.5. The lowest BCUT2D eigenvalue weighted by atomic mass is 10.1. The van der Waals surface area contributed by atoms with Gasteiger partial charge in [-0.1, -0.05) is 17.7 Å². The zero-order valence-corrected chi connectivity index (χ0v) is 16.4. The fourth-order valence-corrected chi connectivity index (χ4v) is 3.44. The van der Waals surface area contributed by atoms with Gasteiger partial charge in [-0.3, -0.25) is 4.79 Å². The van der Waals surface area contributed by atoms with E-state index in [2.05, 4.69) is 28.5 Å². The lowest BCUT2D eigenvalue weighted by Crippen LogP contribution is -2.40. The van der Waals surface area contributed by atoms with Crippen LogP contribution >= 0.6 is 36.6 Å². The first-order chi connectivity index (χ1) is 10.0. The van der Waals surface area contributed by atoms with Crippen LogP contribution in [0.5, 0.6) is 0 Å². The number of anilines is 1. The number of halogens is 2. The second-order valence-corrected chi connectivity index (χ2v) is 7.03. The van der Waals surface area contributed by atoms with Crippen molar-refractivity contribution < 1.29 is 4.79 Å². The van der Waals surface area contributed by atoms with E-state index in [0.717, 1.165) is 30.3 Å². The number of hydrogen-bond acceptors (Lipinski definition) is 4. The Morgan fingerprint density at radius 1 is 1.39 bits per heavy atom. The highest BCUT2D eigenvalue weighted by Crippen LogP contribution is 2.19. The summed E-state index contributed by atoms with van der Waals surface area (Å²) in [5.74, 6) is 2.26. The topological polar surface area (TPSA) is 44.4 Å². The SMILES string of the molecule is Cc1ccc(NC(=O)CC2CSCCN2)c(CN(C)C)c1.Cl.Cl. The van der Waals surface area contributed by atoms with Crippen LogP contribution < -0.4 is 10.6 Å². The summed E-state index contributed by atoms with van der Waals surface area (Å²) >= 11 is 1.92. The van der Waals surface area contributed by atoms with Crippen LogP contribution in [0, 0.1) is 6.92 Å². The maximum Gasteiger partial charge on any atom is 0.225 e. The van der Waals surface area contributed by atoms with Crippen molar-refractivity contribution >= 4 is 48.2 Å². The molecule has 0 aliphatic carbocycles. The van der Waals surface area contributed by atoms with Crippen molar-refractivity contribution in [3.63, 3.8) is 0 Å². The molecule has 0 saturated carbocycles. The highest BCUT2D eigenvalue weighted by Gasteiger charge is 2.17. The summed E-state index contributed by atoms with van der Waals surface area (Å²) in [5, 5.41) is 6.48. The number of amides is 1.